The Hall–Kier alpha value is -6.39. The molecule has 9 nitrogen and oxygen atoms in total. The zero-order chi connectivity index (χ0) is 71.8. The van der Waals surface area contributed by atoms with Crippen molar-refractivity contribution in [1.29, 1.82) is 0 Å². The number of quaternary nitrogens is 1. The van der Waals surface area contributed by atoms with Gasteiger partial charge in [-0.3, -0.25) is 9.59 Å². The van der Waals surface area contributed by atoms with Crippen LogP contribution in [0, 0.1) is 0 Å². The maximum atomic E-state index is 13.0. The highest BCUT2D eigenvalue weighted by molar-refractivity contribution is 5.71. The summed E-state index contributed by atoms with van der Waals surface area (Å²) in [4.78, 5) is 37.7. The number of hydrogen-bond donors (Lipinski definition) is 1. The number of rotatable bonds is 69. The zero-order valence-electron chi connectivity index (χ0n) is 63.3. The van der Waals surface area contributed by atoms with Crippen molar-refractivity contribution in [2.24, 2.45) is 0 Å². The summed E-state index contributed by atoms with van der Waals surface area (Å²) in [6.07, 6.45) is 119. The first-order valence-electron chi connectivity index (χ1n) is 38.9. The Morgan fingerprint density at radius 1 is 0.303 bits per heavy atom. The summed E-state index contributed by atoms with van der Waals surface area (Å²) in [5.41, 5.74) is 0. The van der Waals surface area contributed by atoms with Gasteiger partial charge in [0.15, 0.2) is 6.10 Å². The molecule has 0 radical (unpaired) electrons. The molecule has 99 heavy (non-hydrogen) atoms. The Bertz CT molecular complexity index is 2440. The van der Waals surface area contributed by atoms with Crippen molar-refractivity contribution in [3.63, 3.8) is 0 Å². The van der Waals surface area contributed by atoms with Crippen molar-refractivity contribution >= 4 is 17.9 Å². The van der Waals surface area contributed by atoms with Crippen LogP contribution in [0.5, 0.6) is 0 Å². The molecule has 2 atom stereocenters. The number of carbonyl (C=O) groups is 3. The Labute approximate surface area is 607 Å². The standard InChI is InChI=1S/C90H141NO8/c1-6-8-10-12-14-16-18-20-22-24-26-28-30-32-34-36-38-40-41-42-43-44-45-46-47-49-51-53-55-57-59-61-63-65-67-69-71-73-75-77-79-81-88(93)99-86(85-98-90(89(94)95)96-83-82-91(3,4)5)84-97-87(92)80-78-76-74-72-70-68-66-64-62-60-58-56-54-52-50-48-39-37-35-33-31-29-27-25-23-21-19-17-15-13-11-9-7-2/h8-11,14-17,20-23,26-29,32-35,38-40,42-43,45-46,48-49,51,55,57,61,63,67,69,86,90H,6-7,12-13,18-19,24-25,30-31,36-37,41,44,47,50,52-54,56,58-60,62,64-66,68,70-85H2,1-5H3/p+1/b10-8-,11-9-,16-14-,17-15-,22-20-,23-21-,28-26-,29-27-,34-32-,35-33-,40-38-,43-42-,46-45-,48-39-,51-49-,57-55-,63-61-,69-67-. The van der Waals surface area contributed by atoms with E-state index in [-0.39, 0.29) is 38.6 Å². The number of carboxylic acids is 1. The van der Waals surface area contributed by atoms with Crippen molar-refractivity contribution in [2.45, 2.75) is 283 Å². The first-order chi connectivity index (χ1) is 48.6. The summed E-state index contributed by atoms with van der Waals surface area (Å²) in [5.74, 6) is -2.06. The molecule has 0 fully saturated rings. The highest BCUT2D eigenvalue weighted by atomic mass is 16.7. The molecule has 554 valence electrons. The van der Waals surface area contributed by atoms with Crippen molar-refractivity contribution < 1.29 is 42.9 Å². The van der Waals surface area contributed by atoms with Gasteiger partial charge in [-0.25, -0.2) is 4.79 Å². The minimum absolute atomic E-state index is 0.171. The molecule has 0 aliphatic heterocycles. The van der Waals surface area contributed by atoms with Gasteiger partial charge < -0.3 is 28.5 Å². The monoisotopic (exact) mass is 1370 g/mol. The number of carboxylic acid groups (broad SMARTS) is 1. The lowest BCUT2D eigenvalue weighted by Crippen LogP contribution is -2.40. The summed E-state index contributed by atoms with van der Waals surface area (Å²) in [6.45, 7) is 4.60. The third kappa shape index (κ3) is 78.8. The second-order valence-electron chi connectivity index (χ2n) is 26.2. The Morgan fingerprint density at radius 3 is 0.808 bits per heavy atom. The van der Waals surface area contributed by atoms with Gasteiger partial charge in [0.1, 0.15) is 13.2 Å². The van der Waals surface area contributed by atoms with E-state index in [2.05, 4.69) is 233 Å². The van der Waals surface area contributed by atoms with Crippen LogP contribution in [-0.2, 0) is 33.3 Å². The molecule has 0 saturated carbocycles. The highest BCUT2D eigenvalue weighted by Gasteiger charge is 2.25. The molecule has 0 heterocycles. The van der Waals surface area contributed by atoms with Crippen LogP contribution < -0.4 is 0 Å². The van der Waals surface area contributed by atoms with Gasteiger partial charge in [-0.05, 0) is 154 Å². The van der Waals surface area contributed by atoms with E-state index in [0.717, 1.165) is 161 Å². The fourth-order valence-electron chi connectivity index (χ4n) is 9.88. The van der Waals surface area contributed by atoms with Gasteiger partial charge in [0.2, 0.25) is 0 Å². The smallest absolute Gasteiger partial charge is 0.361 e. The topological polar surface area (TPSA) is 108 Å². The average molecular weight is 1370 g/mol. The molecular formula is C90H142NO8+. The summed E-state index contributed by atoms with van der Waals surface area (Å²) in [5, 5.41) is 9.77. The lowest BCUT2D eigenvalue weighted by Gasteiger charge is -2.25. The molecule has 0 aliphatic rings. The number of esters is 2. The molecule has 1 N–H and O–H groups in total. The first kappa shape index (κ1) is 92.6. The second-order valence-corrected chi connectivity index (χ2v) is 26.2. The van der Waals surface area contributed by atoms with Crippen molar-refractivity contribution in [2.75, 3.05) is 47.5 Å². The molecule has 0 aliphatic carbocycles. The molecule has 0 bridgehead atoms. The van der Waals surface area contributed by atoms with Gasteiger partial charge in [0.25, 0.3) is 6.29 Å². The van der Waals surface area contributed by atoms with E-state index >= 15 is 0 Å². The molecule has 0 aromatic heterocycles. The van der Waals surface area contributed by atoms with Gasteiger partial charge in [-0.15, -0.1) is 0 Å². The number of hydrogen-bond acceptors (Lipinski definition) is 7. The Kier molecular flexibility index (Phi) is 72.4. The number of ether oxygens (including phenoxy) is 4. The molecular weight excluding hydrogens is 1220 g/mol. The first-order valence-corrected chi connectivity index (χ1v) is 38.9. The highest BCUT2D eigenvalue weighted by Crippen LogP contribution is 2.16. The number of aliphatic carboxylic acids is 1. The van der Waals surface area contributed by atoms with E-state index in [0.29, 0.717) is 17.4 Å². The fourth-order valence-corrected chi connectivity index (χ4v) is 9.88. The number of allylic oxidation sites excluding steroid dienone is 36. The van der Waals surface area contributed by atoms with E-state index in [4.69, 9.17) is 18.9 Å². The maximum absolute atomic E-state index is 13.0. The Balaban J connectivity index is 4.21. The van der Waals surface area contributed by atoms with Crippen molar-refractivity contribution in [3.8, 4) is 0 Å². The predicted octanol–water partition coefficient (Wildman–Crippen LogP) is 25.2. The number of carbonyl (C=O) groups excluding carboxylic acids is 2. The van der Waals surface area contributed by atoms with Crippen LogP contribution >= 0.6 is 0 Å². The summed E-state index contributed by atoms with van der Waals surface area (Å²) in [6, 6.07) is 0. The van der Waals surface area contributed by atoms with Gasteiger partial charge >= 0.3 is 17.9 Å². The normalized spacial score (nSPS) is 13.9. The summed E-state index contributed by atoms with van der Waals surface area (Å²) < 4.78 is 23.0. The Morgan fingerprint density at radius 2 is 0.545 bits per heavy atom. The van der Waals surface area contributed by atoms with Crippen molar-refractivity contribution in [3.05, 3.63) is 219 Å². The SMILES string of the molecule is CC/C=C\C/C=C\C/C=C\C/C=C\C/C=C\C/C=C\C/C=C\C/C=C\C/C=C\C/C=C\C/C=C\C/C=C\CCCCCCC(=O)OC(COC(=O)CCCCCCCCCCCCCCCC/C=C\C/C=C\C/C=C\C/C=C\C/C=C\C/C=C\CC)COC(OCC[N+](C)(C)C)C(=O)O. The minimum atomic E-state index is -1.53. The average Bonchev–Trinajstić information content (AvgIpc) is 2.62. The van der Waals surface area contributed by atoms with Crippen molar-refractivity contribution in [1.82, 2.24) is 0 Å². The van der Waals surface area contributed by atoms with Gasteiger partial charge in [-0.2, -0.15) is 0 Å². The molecule has 0 aromatic carbocycles. The van der Waals surface area contributed by atoms with Crippen LogP contribution in [0.15, 0.2) is 219 Å². The molecule has 0 amide bonds. The van der Waals surface area contributed by atoms with E-state index in [1.54, 1.807) is 0 Å². The minimum Gasteiger partial charge on any atom is -0.477 e. The number of likely N-dealkylation sites (N-methyl/N-ethyl adjacent to an activating group) is 1. The quantitative estimate of drug-likeness (QED) is 0.0211. The van der Waals surface area contributed by atoms with Gasteiger partial charge in [-0.1, -0.05) is 322 Å². The van der Waals surface area contributed by atoms with Crippen LogP contribution in [0.3, 0.4) is 0 Å². The molecule has 9 heteroatoms. The van der Waals surface area contributed by atoms with Crippen LogP contribution in [0.4, 0.5) is 0 Å². The van der Waals surface area contributed by atoms with E-state index in [1.807, 2.05) is 21.1 Å². The third-order valence-electron chi connectivity index (χ3n) is 15.7. The maximum Gasteiger partial charge on any atom is 0.361 e. The van der Waals surface area contributed by atoms with Gasteiger partial charge in [0, 0.05) is 12.8 Å². The summed E-state index contributed by atoms with van der Waals surface area (Å²) >= 11 is 0. The number of nitrogens with zero attached hydrogens (tertiary/aromatic N) is 1. The lowest BCUT2D eigenvalue weighted by molar-refractivity contribution is -0.870. The third-order valence-corrected chi connectivity index (χ3v) is 15.7. The lowest BCUT2D eigenvalue weighted by atomic mass is 10.0. The van der Waals surface area contributed by atoms with Crippen LogP contribution in [0.25, 0.3) is 0 Å². The number of unbranched alkanes of at least 4 members (excludes halogenated alkanes) is 18. The van der Waals surface area contributed by atoms with E-state index < -0.39 is 24.3 Å². The molecule has 0 spiro atoms. The largest absolute Gasteiger partial charge is 0.477 e. The van der Waals surface area contributed by atoms with Gasteiger partial charge in [0.05, 0.1) is 34.4 Å². The molecule has 0 saturated heterocycles. The second kappa shape index (κ2) is 77.3. The predicted molar refractivity (Wildman–Crippen MR) is 428 cm³/mol. The summed E-state index contributed by atoms with van der Waals surface area (Å²) in [7, 11) is 5.96. The zero-order valence-corrected chi connectivity index (χ0v) is 63.3. The molecule has 0 rings (SSSR count). The van der Waals surface area contributed by atoms with Crippen LogP contribution in [-0.4, -0.2) is 87.4 Å². The fraction of sp³-hybridized carbons (Fsp3) is 0.567. The molecule has 0 aromatic rings. The van der Waals surface area contributed by atoms with Crippen LogP contribution in [0.2, 0.25) is 0 Å². The van der Waals surface area contributed by atoms with E-state index in [1.165, 1.54) is 77.0 Å². The van der Waals surface area contributed by atoms with E-state index in [9.17, 15) is 19.5 Å². The van der Waals surface area contributed by atoms with Crippen LogP contribution in [0.1, 0.15) is 271 Å². The molecule has 2 unspecified atom stereocenters.